The van der Waals surface area contributed by atoms with E-state index in [0.717, 1.165) is 22.2 Å². The van der Waals surface area contributed by atoms with Crippen LogP contribution < -0.4 is 10.2 Å². The molecule has 0 unspecified atom stereocenters. The lowest BCUT2D eigenvalue weighted by Crippen LogP contribution is -2.17. The van der Waals surface area contributed by atoms with Crippen molar-refractivity contribution in [3.63, 3.8) is 0 Å². The number of ether oxygens (including phenoxy) is 1. The molecule has 0 aromatic heterocycles. The van der Waals surface area contributed by atoms with Crippen LogP contribution in [-0.2, 0) is 0 Å². The van der Waals surface area contributed by atoms with Gasteiger partial charge in [-0.2, -0.15) is 5.10 Å². The Morgan fingerprint density at radius 3 is 2.73 bits per heavy atom. The molecule has 0 atom stereocenters. The minimum atomic E-state index is -0.250. The number of carbonyl (C=O) groups excluding carboxylic acids is 1. The number of amides is 1. The van der Waals surface area contributed by atoms with E-state index in [2.05, 4.69) is 33.4 Å². The number of halogens is 1. The summed E-state index contributed by atoms with van der Waals surface area (Å²) in [5, 5.41) is 3.96. The SMILES string of the molecule is CCCOc1ccc(/C=N/NC(=O)c2cccc(Br)c2)cc1. The average Bonchev–Trinajstić information content (AvgIpc) is 2.54. The molecule has 0 aliphatic rings. The van der Waals surface area contributed by atoms with Crippen molar-refractivity contribution in [3.8, 4) is 5.75 Å². The summed E-state index contributed by atoms with van der Waals surface area (Å²) in [5.74, 6) is 0.581. The Morgan fingerprint density at radius 1 is 1.27 bits per heavy atom. The van der Waals surface area contributed by atoms with Gasteiger partial charge >= 0.3 is 0 Å². The first-order valence-corrected chi connectivity index (χ1v) is 7.80. The Morgan fingerprint density at radius 2 is 2.05 bits per heavy atom. The fraction of sp³-hybridized carbons (Fsp3) is 0.176. The molecule has 1 N–H and O–H groups in total. The van der Waals surface area contributed by atoms with Gasteiger partial charge in [0.25, 0.3) is 5.91 Å². The van der Waals surface area contributed by atoms with Gasteiger partial charge in [0.15, 0.2) is 0 Å². The van der Waals surface area contributed by atoms with Gasteiger partial charge < -0.3 is 4.74 Å². The number of hydrogen-bond acceptors (Lipinski definition) is 3. The molecule has 1 amide bonds. The zero-order valence-electron chi connectivity index (χ0n) is 12.3. The molecule has 0 spiro atoms. The van der Waals surface area contributed by atoms with Gasteiger partial charge in [0.1, 0.15) is 5.75 Å². The molecule has 22 heavy (non-hydrogen) atoms. The number of hydrogen-bond donors (Lipinski definition) is 1. The van der Waals surface area contributed by atoms with E-state index in [1.54, 1.807) is 24.4 Å². The Labute approximate surface area is 138 Å². The van der Waals surface area contributed by atoms with E-state index in [9.17, 15) is 4.79 Å². The standard InChI is InChI=1S/C17H17BrN2O2/c1-2-10-22-16-8-6-13(7-9-16)12-19-20-17(21)14-4-3-5-15(18)11-14/h3-9,11-12H,2,10H2,1H3,(H,20,21)/b19-12+. The molecule has 0 aliphatic carbocycles. The smallest absolute Gasteiger partial charge is 0.271 e. The lowest BCUT2D eigenvalue weighted by Gasteiger charge is -2.04. The van der Waals surface area contributed by atoms with E-state index in [-0.39, 0.29) is 5.91 Å². The summed E-state index contributed by atoms with van der Waals surface area (Å²) in [6.07, 6.45) is 2.57. The van der Waals surface area contributed by atoms with Crippen LogP contribution in [0.2, 0.25) is 0 Å². The summed E-state index contributed by atoms with van der Waals surface area (Å²) in [6, 6.07) is 14.7. The van der Waals surface area contributed by atoms with E-state index in [1.165, 1.54) is 0 Å². The number of hydrazone groups is 1. The average molecular weight is 361 g/mol. The molecule has 0 bridgehead atoms. The predicted octanol–water partition coefficient (Wildman–Crippen LogP) is 4.00. The first kappa shape index (κ1) is 16.2. The van der Waals surface area contributed by atoms with Gasteiger partial charge in [0, 0.05) is 10.0 Å². The van der Waals surface area contributed by atoms with Crippen LogP contribution in [0.3, 0.4) is 0 Å². The highest BCUT2D eigenvalue weighted by Gasteiger charge is 2.03. The number of nitrogens with zero attached hydrogens (tertiary/aromatic N) is 1. The summed E-state index contributed by atoms with van der Waals surface area (Å²) in [5.41, 5.74) is 3.94. The molecule has 0 heterocycles. The van der Waals surface area contributed by atoms with Crippen molar-refractivity contribution in [3.05, 3.63) is 64.1 Å². The minimum absolute atomic E-state index is 0.250. The molecular weight excluding hydrogens is 344 g/mol. The van der Waals surface area contributed by atoms with Gasteiger partial charge in [-0.05, 0) is 54.4 Å². The Hall–Kier alpha value is -2.14. The van der Waals surface area contributed by atoms with Gasteiger partial charge in [-0.1, -0.05) is 28.9 Å². The lowest BCUT2D eigenvalue weighted by atomic mass is 10.2. The van der Waals surface area contributed by atoms with Crippen LogP contribution in [0.4, 0.5) is 0 Å². The molecule has 2 rings (SSSR count). The summed E-state index contributed by atoms with van der Waals surface area (Å²) in [4.78, 5) is 11.9. The van der Waals surface area contributed by atoms with E-state index >= 15 is 0 Å². The zero-order chi connectivity index (χ0) is 15.8. The quantitative estimate of drug-likeness (QED) is 0.625. The molecule has 0 saturated heterocycles. The van der Waals surface area contributed by atoms with Gasteiger partial charge in [0.2, 0.25) is 0 Å². The highest BCUT2D eigenvalue weighted by atomic mass is 79.9. The summed E-state index contributed by atoms with van der Waals surface area (Å²) < 4.78 is 6.36. The minimum Gasteiger partial charge on any atom is -0.494 e. The summed E-state index contributed by atoms with van der Waals surface area (Å²) >= 11 is 3.33. The van der Waals surface area contributed by atoms with Crippen LogP contribution in [0, 0.1) is 0 Å². The second kappa shape index (κ2) is 8.34. The van der Waals surface area contributed by atoms with Crippen molar-refractivity contribution < 1.29 is 9.53 Å². The maximum atomic E-state index is 11.9. The van der Waals surface area contributed by atoms with E-state index in [0.29, 0.717) is 12.2 Å². The zero-order valence-corrected chi connectivity index (χ0v) is 13.8. The van der Waals surface area contributed by atoms with Gasteiger partial charge in [0.05, 0.1) is 12.8 Å². The number of rotatable bonds is 6. The molecule has 2 aromatic rings. The van der Waals surface area contributed by atoms with Crippen molar-refractivity contribution in [1.82, 2.24) is 5.43 Å². The highest BCUT2D eigenvalue weighted by Crippen LogP contribution is 2.12. The largest absolute Gasteiger partial charge is 0.494 e. The van der Waals surface area contributed by atoms with E-state index in [1.807, 2.05) is 30.3 Å². The first-order chi connectivity index (χ1) is 10.7. The van der Waals surface area contributed by atoms with Crippen molar-refractivity contribution >= 4 is 28.1 Å². The maximum Gasteiger partial charge on any atom is 0.271 e. The summed E-state index contributed by atoms with van der Waals surface area (Å²) in [7, 11) is 0. The molecule has 4 nitrogen and oxygen atoms in total. The third-order valence-corrected chi connectivity index (χ3v) is 3.31. The molecule has 2 aromatic carbocycles. The third-order valence-electron chi connectivity index (χ3n) is 2.82. The van der Waals surface area contributed by atoms with Crippen molar-refractivity contribution in [1.29, 1.82) is 0 Å². The van der Waals surface area contributed by atoms with Crippen molar-refractivity contribution in [2.75, 3.05) is 6.61 Å². The fourth-order valence-electron chi connectivity index (χ4n) is 1.73. The van der Waals surface area contributed by atoms with Gasteiger partial charge in [-0.3, -0.25) is 4.79 Å². The molecule has 0 aliphatic heterocycles. The second-order valence-corrected chi connectivity index (χ2v) is 5.54. The van der Waals surface area contributed by atoms with Crippen molar-refractivity contribution in [2.24, 2.45) is 5.10 Å². The predicted molar refractivity (Wildman–Crippen MR) is 91.4 cm³/mol. The highest BCUT2D eigenvalue weighted by molar-refractivity contribution is 9.10. The number of carbonyl (C=O) groups is 1. The lowest BCUT2D eigenvalue weighted by molar-refractivity contribution is 0.0955. The fourth-order valence-corrected chi connectivity index (χ4v) is 2.13. The Kier molecular flexibility index (Phi) is 6.15. The molecular formula is C17H17BrN2O2. The van der Waals surface area contributed by atoms with Crippen LogP contribution in [0.15, 0.2) is 58.1 Å². The van der Waals surface area contributed by atoms with E-state index in [4.69, 9.17) is 4.74 Å². The Balaban J connectivity index is 1.90. The third kappa shape index (κ3) is 5.00. The first-order valence-electron chi connectivity index (χ1n) is 7.01. The van der Waals surface area contributed by atoms with E-state index < -0.39 is 0 Å². The maximum absolute atomic E-state index is 11.9. The van der Waals surface area contributed by atoms with Gasteiger partial charge in [-0.25, -0.2) is 5.43 Å². The molecule has 0 saturated carbocycles. The normalized spacial score (nSPS) is 10.6. The van der Waals surface area contributed by atoms with Crippen LogP contribution in [0.5, 0.6) is 5.75 Å². The van der Waals surface area contributed by atoms with Crippen LogP contribution in [0.1, 0.15) is 29.3 Å². The molecule has 5 heteroatoms. The molecule has 0 fully saturated rings. The topological polar surface area (TPSA) is 50.7 Å². The monoisotopic (exact) mass is 360 g/mol. The second-order valence-electron chi connectivity index (χ2n) is 4.63. The molecule has 114 valence electrons. The van der Waals surface area contributed by atoms with Crippen LogP contribution in [0.25, 0.3) is 0 Å². The van der Waals surface area contributed by atoms with Crippen molar-refractivity contribution in [2.45, 2.75) is 13.3 Å². The Bertz CT molecular complexity index is 654. The summed E-state index contributed by atoms with van der Waals surface area (Å²) in [6.45, 7) is 2.77. The van der Waals surface area contributed by atoms with Gasteiger partial charge in [-0.15, -0.1) is 0 Å². The van der Waals surface area contributed by atoms with Crippen LogP contribution >= 0.6 is 15.9 Å². The van der Waals surface area contributed by atoms with Crippen LogP contribution in [-0.4, -0.2) is 18.7 Å². The number of benzene rings is 2. The molecule has 0 radical (unpaired) electrons. The number of nitrogens with one attached hydrogen (secondary N) is 1.